The molecule has 5 nitrogen and oxygen atoms in total. The van der Waals surface area contributed by atoms with Gasteiger partial charge in [0.2, 0.25) is 0 Å². The number of nitrogens with one attached hydrogen (secondary N) is 1. The molecule has 0 saturated heterocycles. The number of aryl methyl sites for hydroxylation is 2. The van der Waals surface area contributed by atoms with Gasteiger partial charge in [0.25, 0.3) is 0 Å². The van der Waals surface area contributed by atoms with Crippen LogP contribution in [0, 0.1) is 20.8 Å². The molecule has 0 aliphatic heterocycles. The topological polar surface area (TPSA) is 56.1 Å². The van der Waals surface area contributed by atoms with Crippen LogP contribution in [0.5, 0.6) is 0 Å². The Hall–Kier alpha value is -2.70. The molecule has 32 heavy (non-hydrogen) atoms. The molecule has 0 bridgehead atoms. The van der Waals surface area contributed by atoms with Gasteiger partial charge in [0.1, 0.15) is 6.10 Å². The maximum absolute atomic E-state index is 12.4. The van der Waals surface area contributed by atoms with Gasteiger partial charge in [-0.1, -0.05) is 29.8 Å². The average molecular weight is 468 g/mol. The van der Waals surface area contributed by atoms with E-state index in [-0.39, 0.29) is 12.0 Å². The zero-order chi connectivity index (χ0) is 22.8. The van der Waals surface area contributed by atoms with Crippen molar-refractivity contribution in [2.24, 2.45) is 0 Å². The molecular formula is C25H26ClN3O2S. The van der Waals surface area contributed by atoms with Crippen LogP contribution < -0.4 is 5.32 Å². The monoisotopic (exact) mass is 467 g/mol. The maximum Gasteiger partial charge on any atom is 0.412 e. The molecule has 2 atom stereocenters. The molecule has 7 heteroatoms. The lowest BCUT2D eigenvalue weighted by atomic mass is 9.96. The number of benzene rings is 2. The smallest absolute Gasteiger partial charge is 0.412 e. The summed E-state index contributed by atoms with van der Waals surface area (Å²) in [6.07, 6.45) is 6.04. The molecule has 0 radical (unpaired) electrons. The molecular weight excluding hydrogens is 442 g/mol. The number of anilines is 1. The highest BCUT2D eigenvalue weighted by Gasteiger charge is 2.28. The lowest BCUT2D eigenvalue weighted by Gasteiger charge is -2.15. The number of amides is 1. The van der Waals surface area contributed by atoms with Crippen molar-refractivity contribution in [2.75, 3.05) is 11.6 Å². The molecule has 4 rings (SSSR count). The summed E-state index contributed by atoms with van der Waals surface area (Å²) in [6, 6.07) is 13.7. The Kier molecular flexibility index (Phi) is 6.63. The molecule has 3 aromatic rings. The fraction of sp³-hybridized carbons (Fsp3) is 0.280. The summed E-state index contributed by atoms with van der Waals surface area (Å²) in [4.78, 5) is 13.5. The second kappa shape index (κ2) is 9.43. The lowest BCUT2D eigenvalue weighted by molar-refractivity contribution is 0.132. The minimum Gasteiger partial charge on any atom is -0.442 e. The summed E-state index contributed by atoms with van der Waals surface area (Å²) in [5.41, 5.74) is 5.90. The highest BCUT2D eigenvalue weighted by atomic mass is 35.5. The van der Waals surface area contributed by atoms with Gasteiger partial charge in [-0.2, -0.15) is 5.10 Å². The van der Waals surface area contributed by atoms with Crippen LogP contribution in [0.1, 0.15) is 34.9 Å². The summed E-state index contributed by atoms with van der Waals surface area (Å²) >= 11 is 7.95. The van der Waals surface area contributed by atoms with Crippen LogP contribution >= 0.6 is 23.4 Å². The fourth-order valence-corrected chi connectivity index (χ4v) is 4.74. The Morgan fingerprint density at radius 3 is 2.75 bits per heavy atom. The van der Waals surface area contributed by atoms with Gasteiger partial charge in [-0.05, 0) is 75.4 Å². The number of ether oxygens (including phenoxy) is 1. The van der Waals surface area contributed by atoms with E-state index in [1.54, 1.807) is 11.8 Å². The van der Waals surface area contributed by atoms with Crippen LogP contribution in [0.25, 0.3) is 5.69 Å². The van der Waals surface area contributed by atoms with E-state index < -0.39 is 6.09 Å². The number of nitrogens with zero attached hydrogens (tertiary/aromatic N) is 2. The minimum absolute atomic E-state index is 0.141. The molecule has 0 unspecified atom stereocenters. The van der Waals surface area contributed by atoms with Crippen LogP contribution in [-0.4, -0.2) is 28.2 Å². The summed E-state index contributed by atoms with van der Waals surface area (Å²) in [5, 5.41) is 8.30. The van der Waals surface area contributed by atoms with E-state index in [0.29, 0.717) is 6.42 Å². The Labute approximate surface area is 197 Å². The van der Waals surface area contributed by atoms with Gasteiger partial charge in [-0.3, -0.25) is 5.32 Å². The highest BCUT2D eigenvalue weighted by Crippen LogP contribution is 2.35. The summed E-state index contributed by atoms with van der Waals surface area (Å²) in [5.74, 6) is 0.141. The first-order valence-electron chi connectivity index (χ1n) is 10.5. The fourth-order valence-electron chi connectivity index (χ4n) is 4.11. The van der Waals surface area contributed by atoms with Crippen molar-refractivity contribution in [1.82, 2.24) is 9.78 Å². The number of hydrogen-bond donors (Lipinski definition) is 1. The first-order valence-corrected chi connectivity index (χ1v) is 12.1. The van der Waals surface area contributed by atoms with Crippen molar-refractivity contribution < 1.29 is 9.53 Å². The summed E-state index contributed by atoms with van der Waals surface area (Å²) < 4.78 is 7.59. The normalized spacial score (nSPS) is 17.5. The van der Waals surface area contributed by atoms with E-state index in [9.17, 15) is 4.79 Å². The zero-order valence-electron chi connectivity index (χ0n) is 18.6. The van der Waals surface area contributed by atoms with Crippen molar-refractivity contribution in [3.8, 4) is 5.69 Å². The molecule has 166 valence electrons. The van der Waals surface area contributed by atoms with Gasteiger partial charge < -0.3 is 4.74 Å². The predicted molar refractivity (Wildman–Crippen MR) is 131 cm³/mol. The standard InChI is InChI=1S/C25H26ClN3O2S/c1-15-8-10-20(14-23(15)26)29-17(3)24(16(2)28-29)18-9-11-21(12-18)31-25(30)27-19-6-5-7-22(13-19)32-4/h5-11,13-14,18,21H,12H2,1-4H3,(H,27,30)/t18-,21+/m0/s1. The summed E-state index contributed by atoms with van der Waals surface area (Å²) in [6.45, 7) is 6.07. The van der Waals surface area contributed by atoms with E-state index in [0.717, 1.165) is 43.8 Å². The zero-order valence-corrected chi connectivity index (χ0v) is 20.1. The van der Waals surface area contributed by atoms with Crippen LogP contribution in [0.2, 0.25) is 5.02 Å². The number of allylic oxidation sites excluding steroid dienone is 1. The highest BCUT2D eigenvalue weighted by molar-refractivity contribution is 7.98. The second-order valence-corrected chi connectivity index (χ2v) is 9.24. The Bertz CT molecular complexity index is 1190. The van der Waals surface area contributed by atoms with Crippen molar-refractivity contribution in [3.05, 3.63) is 82.2 Å². The molecule has 1 heterocycles. The third-order valence-electron chi connectivity index (χ3n) is 5.74. The van der Waals surface area contributed by atoms with Crippen LogP contribution in [0.4, 0.5) is 10.5 Å². The van der Waals surface area contributed by atoms with Crippen molar-refractivity contribution in [2.45, 2.75) is 44.1 Å². The molecule has 2 aromatic carbocycles. The predicted octanol–water partition coefficient (Wildman–Crippen LogP) is 6.83. The van der Waals surface area contributed by atoms with Gasteiger partial charge in [-0.25, -0.2) is 9.48 Å². The summed E-state index contributed by atoms with van der Waals surface area (Å²) in [7, 11) is 0. The first kappa shape index (κ1) is 22.5. The van der Waals surface area contributed by atoms with Gasteiger partial charge in [0.05, 0.1) is 11.4 Å². The van der Waals surface area contributed by atoms with Gasteiger partial charge >= 0.3 is 6.09 Å². The molecule has 1 aliphatic rings. The Morgan fingerprint density at radius 2 is 2.00 bits per heavy atom. The molecule has 0 spiro atoms. The maximum atomic E-state index is 12.4. The third kappa shape index (κ3) is 4.71. The number of rotatable bonds is 5. The number of carbonyl (C=O) groups is 1. The van der Waals surface area contributed by atoms with Gasteiger partial charge in [0, 0.05) is 32.8 Å². The van der Waals surface area contributed by atoms with E-state index in [4.69, 9.17) is 21.4 Å². The number of halogens is 1. The molecule has 1 aliphatic carbocycles. The molecule has 1 aromatic heterocycles. The number of thioether (sulfide) groups is 1. The van der Waals surface area contributed by atoms with Gasteiger partial charge in [-0.15, -0.1) is 11.8 Å². The van der Waals surface area contributed by atoms with E-state index in [1.807, 2.05) is 73.3 Å². The quantitative estimate of drug-likeness (QED) is 0.330. The minimum atomic E-state index is -0.447. The Morgan fingerprint density at radius 1 is 1.19 bits per heavy atom. The van der Waals surface area contributed by atoms with E-state index >= 15 is 0 Å². The van der Waals surface area contributed by atoms with Crippen LogP contribution in [0.3, 0.4) is 0 Å². The first-order chi connectivity index (χ1) is 15.4. The van der Waals surface area contributed by atoms with Crippen molar-refractivity contribution in [3.63, 3.8) is 0 Å². The number of hydrogen-bond acceptors (Lipinski definition) is 4. The molecule has 1 amide bonds. The van der Waals surface area contributed by atoms with E-state index in [1.165, 1.54) is 0 Å². The number of carbonyl (C=O) groups excluding carboxylic acids is 1. The SMILES string of the molecule is CSc1cccc(NC(=O)O[C@@H]2C=C[C@H](c3c(C)nn(-c4ccc(C)c(Cl)c4)c3C)C2)c1. The second-order valence-electron chi connectivity index (χ2n) is 7.96. The molecule has 0 fully saturated rings. The molecule has 0 saturated carbocycles. The lowest BCUT2D eigenvalue weighted by Crippen LogP contribution is -2.20. The molecule has 1 N–H and O–H groups in total. The van der Waals surface area contributed by atoms with Gasteiger partial charge in [0.15, 0.2) is 0 Å². The van der Waals surface area contributed by atoms with Crippen molar-refractivity contribution >= 4 is 35.1 Å². The average Bonchev–Trinajstić information content (AvgIpc) is 3.33. The van der Waals surface area contributed by atoms with Crippen molar-refractivity contribution in [1.29, 1.82) is 0 Å². The number of aromatic nitrogens is 2. The van der Waals surface area contributed by atoms with Crippen LogP contribution in [-0.2, 0) is 4.74 Å². The largest absolute Gasteiger partial charge is 0.442 e. The third-order valence-corrected chi connectivity index (χ3v) is 6.87. The Balaban J connectivity index is 1.44. The van der Waals surface area contributed by atoms with Crippen LogP contribution in [0.15, 0.2) is 59.5 Å². The van der Waals surface area contributed by atoms with E-state index in [2.05, 4.69) is 18.3 Å².